The summed E-state index contributed by atoms with van der Waals surface area (Å²) in [7, 11) is -2.45. The first-order valence-corrected chi connectivity index (χ1v) is 8.12. The Morgan fingerprint density at radius 2 is 2.20 bits per heavy atom. The number of carbonyl (C=O) groups excluding carboxylic acids is 1. The van der Waals surface area contributed by atoms with E-state index in [-0.39, 0.29) is 34.8 Å². The molecule has 114 valence electrons. The summed E-state index contributed by atoms with van der Waals surface area (Å²) in [6.07, 6.45) is 0.635. The first-order chi connectivity index (χ1) is 8.87. The third-order valence-electron chi connectivity index (χ3n) is 3.07. The summed E-state index contributed by atoms with van der Waals surface area (Å²) >= 11 is 1.08. The third kappa shape index (κ3) is 2.99. The van der Waals surface area contributed by atoms with Crippen LogP contribution in [0.15, 0.2) is 10.3 Å². The summed E-state index contributed by atoms with van der Waals surface area (Å²) < 4.78 is 31.1. The molecule has 1 aromatic heterocycles. The van der Waals surface area contributed by atoms with Gasteiger partial charge in [0.05, 0.1) is 7.11 Å². The molecular formula is C11H17ClN2O4S2. The molecule has 1 atom stereocenters. The van der Waals surface area contributed by atoms with Crippen molar-refractivity contribution < 1.29 is 17.9 Å². The molecule has 1 fully saturated rings. The number of thiophene rings is 1. The highest BCUT2D eigenvalue weighted by Crippen LogP contribution is 2.31. The van der Waals surface area contributed by atoms with E-state index in [0.29, 0.717) is 18.5 Å². The minimum Gasteiger partial charge on any atom is -0.465 e. The number of hydrogen-bond donors (Lipinski definition) is 1. The molecule has 6 nitrogen and oxygen atoms in total. The van der Waals surface area contributed by atoms with Crippen LogP contribution >= 0.6 is 23.7 Å². The molecular weight excluding hydrogens is 324 g/mol. The number of esters is 1. The maximum Gasteiger partial charge on any atom is 0.349 e. The van der Waals surface area contributed by atoms with Gasteiger partial charge >= 0.3 is 5.97 Å². The van der Waals surface area contributed by atoms with Crippen LogP contribution in [0.25, 0.3) is 0 Å². The molecule has 0 amide bonds. The molecule has 1 aliphatic heterocycles. The average Bonchev–Trinajstić information content (AvgIpc) is 2.95. The number of nitrogens with two attached hydrogens (primary N) is 1. The van der Waals surface area contributed by atoms with E-state index < -0.39 is 16.0 Å². The molecule has 0 aromatic carbocycles. The molecule has 9 heteroatoms. The Kier molecular flexibility index (Phi) is 5.56. The Morgan fingerprint density at radius 3 is 2.70 bits per heavy atom. The molecule has 2 heterocycles. The highest BCUT2D eigenvalue weighted by molar-refractivity contribution is 7.89. The van der Waals surface area contributed by atoms with Crippen molar-refractivity contribution in [1.82, 2.24) is 4.31 Å². The summed E-state index contributed by atoms with van der Waals surface area (Å²) in [5, 5.41) is 1.65. The molecule has 0 unspecified atom stereocenters. The van der Waals surface area contributed by atoms with Crippen LogP contribution in [-0.4, -0.2) is 44.9 Å². The number of carbonyl (C=O) groups is 1. The van der Waals surface area contributed by atoms with Gasteiger partial charge in [0.15, 0.2) is 0 Å². The maximum atomic E-state index is 12.6. The predicted octanol–water partition coefficient (Wildman–Crippen LogP) is 0.987. The maximum absolute atomic E-state index is 12.6. The van der Waals surface area contributed by atoms with E-state index in [0.717, 1.165) is 11.3 Å². The summed E-state index contributed by atoms with van der Waals surface area (Å²) in [5.74, 6) is -0.625. The minimum absolute atomic E-state index is 0. The molecule has 1 aliphatic rings. The highest BCUT2D eigenvalue weighted by Gasteiger charge is 2.36. The van der Waals surface area contributed by atoms with Crippen molar-refractivity contribution in [1.29, 1.82) is 0 Å². The van der Waals surface area contributed by atoms with Gasteiger partial charge in [0.25, 0.3) is 0 Å². The molecule has 20 heavy (non-hydrogen) atoms. The number of sulfonamides is 1. The lowest BCUT2D eigenvalue weighted by atomic mass is 10.3. The van der Waals surface area contributed by atoms with Gasteiger partial charge < -0.3 is 10.5 Å². The molecule has 0 radical (unpaired) electrons. The lowest BCUT2D eigenvalue weighted by Crippen LogP contribution is -2.32. The van der Waals surface area contributed by atoms with E-state index in [2.05, 4.69) is 4.74 Å². The third-order valence-corrected chi connectivity index (χ3v) is 6.33. The van der Waals surface area contributed by atoms with Gasteiger partial charge in [-0.05, 0) is 24.3 Å². The van der Waals surface area contributed by atoms with Crippen LogP contribution in [0, 0.1) is 6.92 Å². The zero-order valence-corrected chi connectivity index (χ0v) is 13.6. The van der Waals surface area contributed by atoms with Gasteiger partial charge in [-0.15, -0.1) is 23.7 Å². The minimum atomic E-state index is -3.68. The zero-order valence-electron chi connectivity index (χ0n) is 11.2. The molecule has 1 aromatic rings. The van der Waals surface area contributed by atoms with Gasteiger partial charge in [-0.2, -0.15) is 4.31 Å². The van der Waals surface area contributed by atoms with E-state index in [1.54, 1.807) is 12.3 Å². The van der Waals surface area contributed by atoms with Gasteiger partial charge in [0.2, 0.25) is 10.0 Å². The van der Waals surface area contributed by atoms with E-state index >= 15 is 0 Å². The van der Waals surface area contributed by atoms with Crippen LogP contribution in [0.3, 0.4) is 0 Å². The molecule has 1 saturated heterocycles. The summed E-state index contributed by atoms with van der Waals surface area (Å²) in [6, 6.07) is -0.143. The fourth-order valence-corrected chi connectivity index (χ4v) is 5.26. The summed E-state index contributed by atoms with van der Waals surface area (Å²) in [6.45, 7) is 2.35. The Balaban J connectivity index is 0.00000200. The van der Waals surface area contributed by atoms with Crippen LogP contribution in [0.5, 0.6) is 0 Å². The van der Waals surface area contributed by atoms with Gasteiger partial charge in [-0.1, -0.05) is 0 Å². The molecule has 0 spiro atoms. The van der Waals surface area contributed by atoms with Crippen molar-refractivity contribution in [3.8, 4) is 0 Å². The quantitative estimate of drug-likeness (QED) is 0.829. The number of methoxy groups -OCH3 is 1. The fraction of sp³-hybridized carbons (Fsp3) is 0.545. The van der Waals surface area contributed by atoms with Gasteiger partial charge in [-0.3, -0.25) is 0 Å². The summed E-state index contributed by atoms with van der Waals surface area (Å²) in [5.41, 5.74) is 6.30. The van der Waals surface area contributed by atoms with Crippen molar-refractivity contribution in [2.75, 3.05) is 20.2 Å². The zero-order chi connectivity index (χ0) is 14.2. The van der Waals surface area contributed by atoms with E-state index in [9.17, 15) is 13.2 Å². The molecule has 0 bridgehead atoms. The number of rotatable bonds is 3. The van der Waals surface area contributed by atoms with Crippen LogP contribution in [0.2, 0.25) is 0 Å². The van der Waals surface area contributed by atoms with E-state index in [1.165, 1.54) is 11.4 Å². The normalized spacial score (nSPS) is 19.6. The van der Waals surface area contributed by atoms with Gasteiger partial charge in [-0.25, -0.2) is 13.2 Å². The van der Waals surface area contributed by atoms with Crippen molar-refractivity contribution in [2.45, 2.75) is 24.3 Å². The van der Waals surface area contributed by atoms with Crippen LogP contribution < -0.4 is 5.73 Å². The molecule has 2 N–H and O–H groups in total. The Morgan fingerprint density at radius 1 is 1.55 bits per heavy atom. The van der Waals surface area contributed by atoms with Crippen LogP contribution in [0.1, 0.15) is 21.7 Å². The van der Waals surface area contributed by atoms with Crippen molar-refractivity contribution in [3.63, 3.8) is 0 Å². The smallest absolute Gasteiger partial charge is 0.349 e. The monoisotopic (exact) mass is 340 g/mol. The lowest BCUT2D eigenvalue weighted by Gasteiger charge is -2.16. The number of nitrogens with zero attached hydrogens (tertiary/aromatic N) is 1. The largest absolute Gasteiger partial charge is 0.465 e. The SMILES string of the molecule is COC(=O)c1scc(C)c1S(=O)(=O)N1CC[C@H](N)C1.Cl. The number of aryl methyl sites for hydroxylation is 1. The first kappa shape index (κ1) is 17.4. The number of halogens is 1. The highest BCUT2D eigenvalue weighted by atomic mass is 35.5. The van der Waals surface area contributed by atoms with Crippen molar-refractivity contribution >= 4 is 39.7 Å². The van der Waals surface area contributed by atoms with E-state index in [1.807, 2.05) is 0 Å². The number of ether oxygens (including phenoxy) is 1. The Hall–Kier alpha value is -0.670. The van der Waals surface area contributed by atoms with Gasteiger partial charge in [0.1, 0.15) is 9.77 Å². The average molecular weight is 341 g/mol. The Labute approximate surface area is 128 Å². The summed E-state index contributed by atoms with van der Waals surface area (Å²) in [4.78, 5) is 11.8. The van der Waals surface area contributed by atoms with Gasteiger partial charge in [0, 0.05) is 19.1 Å². The van der Waals surface area contributed by atoms with Crippen LogP contribution in [0.4, 0.5) is 0 Å². The molecule has 2 rings (SSSR count). The van der Waals surface area contributed by atoms with Crippen molar-refractivity contribution in [2.24, 2.45) is 5.73 Å². The lowest BCUT2D eigenvalue weighted by molar-refractivity contribution is 0.0602. The fourth-order valence-electron chi connectivity index (χ4n) is 2.09. The first-order valence-electron chi connectivity index (χ1n) is 5.80. The second kappa shape index (κ2) is 6.40. The van der Waals surface area contributed by atoms with Crippen LogP contribution in [-0.2, 0) is 14.8 Å². The van der Waals surface area contributed by atoms with Crippen molar-refractivity contribution in [3.05, 3.63) is 15.8 Å². The van der Waals surface area contributed by atoms with E-state index in [4.69, 9.17) is 5.73 Å². The predicted molar refractivity (Wildman–Crippen MR) is 79.0 cm³/mol. The number of hydrogen-bond acceptors (Lipinski definition) is 6. The molecule has 0 aliphatic carbocycles. The standard InChI is InChI=1S/C11H16N2O4S2.ClH/c1-7-6-18-9(11(14)17-2)10(7)19(15,16)13-4-3-8(12)5-13;/h6,8H,3-5,12H2,1-2H3;1H/t8-;/m0./s1. The topological polar surface area (TPSA) is 89.7 Å². The Bertz CT molecular complexity index is 600. The molecule has 0 saturated carbocycles. The second-order valence-corrected chi connectivity index (χ2v) is 7.23. The second-order valence-electron chi connectivity index (χ2n) is 4.48.